The van der Waals surface area contributed by atoms with E-state index in [1.807, 2.05) is 0 Å². The molecule has 2 aromatic rings. The summed E-state index contributed by atoms with van der Waals surface area (Å²) in [5, 5.41) is 3.79. The smallest absolute Gasteiger partial charge is 0.257 e. The number of benzene rings is 2. The minimum atomic E-state index is -0.266. The molecule has 0 bridgehead atoms. The van der Waals surface area contributed by atoms with E-state index in [0.29, 0.717) is 27.0 Å². The number of hydrogen-bond donors (Lipinski definition) is 1. The molecule has 7 heteroatoms. The van der Waals surface area contributed by atoms with Crippen LogP contribution in [-0.2, 0) is 0 Å². The zero-order valence-electron chi connectivity index (χ0n) is 14.4. The van der Waals surface area contributed by atoms with Crippen LogP contribution < -0.4 is 10.1 Å². The topological polar surface area (TPSA) is 41.6 Å². The van der Waals surface area contributed by atoms with E-state index in [4.69, 9.17) is 27.9 Å². The van der Waals surface area contributed by atoms with Crippen molar-refractivity contribution in [2.24, 2.45) is 0 Å². The molecule has 1 aliphatic rings. The molecule has 2 aromatic carbocycles. The van der Waals surface area contributed by atoms with Gasteiger partial charge in [-0.05, 0) is 44.2 Å². The van der Waals surface area contributed by atoms with Crippen LogP contribution in [0.25, 0.3) is 0 Å². The first kappa shape index (κ1) is 20.8. The predicted molar refractivity (Wildman–Crippen MR) is 109 cm³/mol. The van der Waals surface area contributed by atoms with Crippen LogP contribution in [-0.4, -0.2) is 37.0 Å². The Hall–Kier alpha value is -1.46. The molecule has 0 radical (unpaired) electrons. The Morgan fingerprint density at radius 1 is 1.12 bits per heavy atom. The Morgan fingerprint density at radius 3 is 2.50 bits per heavy atom. The van der Waals surface area contributed by atoms with Gasteiger partial charge in [0.2, 0.25) is 0 Å². The average molecular weight is 416 g/mol. The third-order valence-corrected chi connectivity index (χ3v) is 4.91. The first-order chi connectivity index (χ1) is 12.0. The van der Waals surface area contributed by atoms with Gasteiger partial charge in [0, 0.05) is 24.8 Å². The van der Waals surface area contributed by atoms with Crippen LogP contribution >= 0.6 is 35.6 Å². The fourth-order valence-corrected chi connectivity index (χ4v) is 3.18. The molecule has 1 amide bonds. The van der Waals surface area contributed by atoms with Gasteiger partial charge in [0.15, 0.2) is 0 Å². The molecule has 0 spiro atoms. The van der Waals surface area contributed by atoms with Gasteiger partial charge in [0.25, 0.3) is 5.91 Å². The number of halogens is 3. The molecular weight excluding hydrogens is 395 g/mol. The molecule has 0 unspecified atom stereocenters. The van der Waals surface area contributed by atoms with Gasteiger partial charge < -0.3 is 15.0 Å². The number of ether oxygens (including phenoxy) is 1. The van der Waals surface area contributed by atoms with Gasteiger partial charge >= 0.3 is 0 Å². The van der Waals surface area contributed by atoms with Crippen molar-refractivity contribution < 1.29 is 9.53 Å². The van der Waals surface area contributed by atoms with E-state index in [-0.39, 0.29) is 24.4 Å². The number of hydrogen-bond acceptors (Lipinski definition) is 3. The summed E-state index contributed by atoms with van der Waals surface area (Å²) in [4.78, 5) is 14.7. The molecule has 1 fully saturated rings. The van der Waals surface area contributed by atoms with Crippen molar-refractivity contribution in [3.05, 3.63) is 58.1 Å². The molecule has 0 saturated carbocycles. The summed E-state index contributed by atoms with van der Waals surface area (Å²) < 4.78 is 6.05. The summed E-state index contributed by atoms with van der Waals surface area (Å²) in [7, 11) is 2.11. The summed E-state index contributed by atoms with van der Waals surface area (Å²) in [6, 6.07) is 12.2. The van der Waals surface area contributed by atoms with Crippen molar-refractivity contribution in [3.63, 3.8) is 0 Å². The molecule has 0 aromatic heterocycles. The first-order valence-electron chi connectivity index (χ1n) is 8.23. The van der Waals surface area contributed by atoms with E-state index in [9.17, 15) is 4.79 Å². The van der Waals surface area contributed by atoms with Crippen LogP contribution in [0.3, 0.4) is 0 Å². The molecule has 3 rings (SSSR count). The lowest BCUT2D eigenvalue weighted by atomic mass is 10.1. The first-order valence-corrected chi connectivity index (χ1v) is 8.99. The lowest BCUT2D eigenvalue weighted by Gasteiger charge is -2.29. The van der Waals surface area contributed by atoms with Crippen molar-refractivity contribution in [3.8, 4) is 5.75 Å². The van der Waals surface area contributed by atoms with Crippen LogP contribution in [0, 0.1) is 0 Å². The zero-order chi connectivity index (χ0) is 17.8. The van der Waals surface area contributed by atoms with Gasteiger partial charge in [0.1, 0.15) is 11.9 Å². The zero-order valence-corrected chi connectivity index (χ0v) is 16.7. The highest BCUT2D eigenvalue weighted by Crippen LogP contribution is 2.30. The second-order valence-corrected chi connectivity index (χ2v) is 7.01. The van der Waals surface area contributed by atoms with E-state index in [0.717, 1.165) is 25.9 Å². The minimum Gasteiger partial charge on any atom is -0.489 e. The number of rotatable bonds is 4. The number of anilines is 1. The predicted octanol–water partition coefficient (Wildman–Crippen LogP) is 5.14. The lowest BCUT2D eigenvalue weighted by molar-refractivity contribution is 0.102. The highest BCUT2D eigenvalue weighted by molar-refractivity contribution is 6.34. The second kappa shape index (κ2) is 9.47. The van der Waals surface area contributed by atoms with Crippen LogP contribution in [0.4, 0.5) is 5.69 Å². The lowest BCUT2D eigenvalue weighted by Crippen LogP contribution is -2.35. The standard InChI is InChI=1S/C19H20Cl2N2O2.ClH/c1-23-10-8-14(9-11-23)25-18-12-13(6-7-17(18)21)22-19(24)15-4-2-3-5-16(15)20;/h2-7,12,14H,8-11H2,1H3,(H,22,24);1H. The highest BCUT2D eigenvalue weighted by atomic mass is 35.5. The van der Waals surface area contributed by atoms with Crippen LogP contribution in [0.5, 0.6) is 5.75 Å². The van der Waals surface area contributed by atoms with Crippen LogP contribution in [0.1, 0.15) is 23.2 Å². The third-order valence-electron chi connectivity index (χ3n) is 4.27. The summed E-state index contributed by atoms with van der Waals surface area (Å²) in [6.07, 6.45) is 2.06. The van der Waals surface area contributed by atoms with Gasteiger partial charge in [0.05, 0.1) is 15.6 Å². The summed E-state index contributed by atoms with van der Waals surface area (Å²) in [5.41, 5.74) is 1.05. The number of amides is 1. The molecule has 140 valence electrons. The van der Waals surface area contributed by atoms with Gasteiger partial charge in [-0.15, -0.1) is 12.4 Å². The van der Waals surface area contributed by atoms with E-state index in [1.54, 1.807) is 42.5 Å². The number of likely N-dealkylation sites (tertiary alicyclic amines) is 1. The van der Waals surface area contributed by atoms with E-state index < -0.39 is 0 Å². The van der Waals surface area contributed by atoms with Gasteiger partial charge in [-0.3, -0.25) is 4.79 Å². The Balaban J connectivity index is 0.00000243. The fourth-order valence-electron chi connectivity index (χ4n) is 2.80. The number of nitrogens with zero attached hydrogens (tertiary/aromatic N) is 1. The maximum absolute atomic E-state index is 12.4. The maximum atomic E-state index is 12.4. The van der Waals surface area contributed by atoms with E-state index in [1.165, 1.54) is 0 Å². The normalized spacial score (nSPS) is 15.2. The number of nitrogens with one attached hydrogen (secondary N) is 1. The van der Waals surface area contributed by atoms with Gasteiger partial charge in [-0.2, -0.15) is 0 Å². The molecule has 0 aliphatic carbocycles. The largest absolute Gasteiger partial charge is 0.489 e. The van der Waals surface area contributed by atoms with E-state index in [2.05, 4.69) is 17.3 Å². The number of piperidine rings is 1. The van der Waals surface area contributed by atoms with Crippen molar-refractivity contribution in [2.75, 3.05) is 25.5 Å². The van der Waals surface area contributed by atoms with Crippen LogP contribution in [0.15, 0.2) is 42.5 Å². The summed E-state index contributed by atoms with van der Waals surface area (Å²) in [5.74, 6) is 0.325. The molecular formula is C19H21Cl3N2O2. The summed E-state index contributed by atoms with van der Waals surface area (Å²) >= 11 is 12.3. The van der Waals surface area contributed by atoms with Crippen molar-refractivity contribution in [1.82, 2.24) is 4.90 Å². The maximum Gasteiger partial charge on any atom is 0.257 e. The Labute approximate surface area is 169 Å². The number of carbonyl (C=O) groups excluding carboxylic acids is 1. The Kier molecular flexibility index (Phi) is 7.59. The Bertz CT molecular complexity index is 762. The average Bonchev–Trinajstić information content (AvgIpc) is 2.60. The molecule has 1 heterocycles. The molecule has 1 saturated heterocycles. The van der Waals surface area contributed by atoms with Crippen molar-refractivity contribution in [2.45, 2.75) is 18.9 Å². The molecule has 1 N–H and O–H groups in total. The Morgan fingerprint density at radius 2 is 1.81 bits per heavy atom. The molecule has 0 atom stereocenters. The summed E-state index contributed by atoms with van der Waals surface area (Å²) in [6.45, 7) is 2.01. The van der Waals surface area contributed by atoms with Gasteiger partial charge in [-0.25, -0.2) is 0 Å². The van der Waals surface area contributed by atoms with Crippen molar-refractivity contribution >= 4 is 47.2 Å². The molecule has 4 nitrogen and oxygen atoms in total. The monoisotopic (exact) mass is 414 g/mol. The highest BCUT2D eigenvalue weighted by Gasteiger charge is 2.19. The SMILES string of the molecule is CN1CCC(Oc2cc(NC(=O)c3ccccc3Cl)ccc2Cl)CC1.Cl. The quantitative estimate of drug-likeness (QED) is 0.751. The minimum absolute atomic E-state index is 0. The fraction of sp³-hybridized carbons (Fsp3) is 0.316. The number of carbonyl (C=O) groups is 1. The van der Waals surface area contributed by atoms with Crippen LogP contribution in [0.2, 0.25) is 10.0 Å². The second-order valence-electron chi connectivity index (χ2n) is 6.20. The van der Waals surface area contributed by atoms with Gasteiger partial charge in [-0.1, -0.05) is 35.3 Å². The van der Waals surface area contributed by atoms with Crippen molar-refractivity contribution in [1.29, 1.82) is 0 Å². The molecule has 1 aliphatic heterocycles. The molecule has 26 heavy (non-hydrogen) atoms. The third kappa shape index (κ3) is 5.27. The van der Waals surface area contributed by atoms with E-state index >= 15 is 0 Å².